The average Bonchev–Trinajstić information content (AvgIpc) is 2.43. The summed E-state index contributed by atoms with van der Waals surface area (Å²) in [4.78, 5) is 34.3. The molecule has 108 valence electrons. The fourth-order valence-corrected chi connectivity index (χ4v) is 1.98. The third-order valence-electron chi connectivity index (χ3n) is 2.30. The van der Waals surface area contributed by atoms with Crippen LogP contribution in [0.4, 0.5) is 0 Å². The van der Waals surface area contributed by atoms with Gasteiger partial charge in [-0.15, -0.1) is 0 Å². The van der Waals surface area contributed by atoms with E-state index in [4.69, 9.17) is 4.74 Å². The number of halogens is 1. The highest BCUT2D eigenvalue weighted by Gasteiger charge is 2.11. The highest BCUT2D eigenvalue weighted by molar-refractivity contribution is 14.1. The summed E-state index contributed by atoms with van der Waals surface area (Å²) in [5, 5.41) is 0. The molecule has 0 bridgehead atoms. The van der Waals surface area contributed by atoms with Crippen LogP contribution >= 0.6 is 22.6 Å². The molecule has 2 amide bonds. The molecule has 7 heteroatoms. The molecule has 1 aromatic rings. The van der Waals surface area contributed by atoms with E-state index in [1.807, 2.05) is 28.7 Å². The molecule has 20 heavy (non-hydrogen) atoms. The highest BCUT2D eigenvalue weighted by Crippen LogP contribution is 2.10. The molecule has 0 aliphatic carbocycles. The molecule has 6 nitrogen and oxygen atoms in total. The summed E-state index contributed by atoms with van der Waals surface area (Å²) in [7, 11) is 0. The van der Waals surface area contributed by atoms with Gasteiger partial charge in [-0.2, -0.15) is 0 Å². The number of carbonyl (C=O) groups excluding carboxylic acids is 3. The second-order valence-corrected chi connectivity index (χ2v) is 4.95. The Morgan fingerprint density at radius 3 is 2.50 bits per heavy atom. The van der Waals surface area contributed by atoms with Crippen molar-refractivity contribution >= 4 is 40.4 Å². The van der Waals surface area contributed by atoms with E-state index in [0.29, 0.717) is 5.56 Å². The molecular formula is C13H15IN2O4. The van der Waals surface area contributed by atoms with Crippen molar-refractivity contribution in [2.45, 2.75) is 19.8 Å². The van der Waals surface area contributed by atoms with Gasteiger partial charge in [0.25, 0.3) is 5.91 Å². The first-order chi connectivity index (χ1) is 9.54. The summed E-state index contributed by atoms with van der Waals surface area (Å²) in [6.07, 6.45) is -0.0522. The van der Waals surface area contributed by atoms with Crippen molar-refractivity contribution in [1.29, 1.82) is 0 Å². The van der Waals surface area contributed by atoms with Crippen molar-refractivity contribution in [3.05, 3.63) is 33.4 Å². The maximum Gasteiger partial charge on any atom is 0.306 e. The number of esters is 1. The molecule has 0 aliphatic rings. The van der Waals surface area contributed by atoms with Crippen LogP contribution in [0.1, 0.15) is 30.1 Å². The van der Waals surface area contributed by atoms with Crippen molar-refractivity contribution in [2.75, 3.05) is 6.61 Å². The molecule has 0 spiro atoms. The van der Waals surface area contributed by atoms with Gasteiger partial charge >= 0.3 is 5.97 Å². The van der Waals surface area contributed by atoms with Gasteiger partial charge in [-0.3, -0.25) is 25.2 Å². The lowest BCUT2D eigenvalue weighted by Gasteiger charge is -2.08. The molecule has 0 unspecified atom stereocenters. The van der Waals surface area contributed by atoms with Gasteiger partial charge < -0.3 is 4.74 Å². The maximum absolute atomic E-state index is 11.8. The summed E-state index contributed by atoms with van der Waals surface area (Å²) in [5.41, 5.74) is 5.03. The minimum absolute atomic E-state index is 0.0155. The van der Waals surface area contributed by atoms with Crippen LogP contribution < -0.4 is 10.9 Å². The molecule has 1 aromatic carbocycles. The third kappa shape index (κ3) is 5.55. The van der Waals surface area contributed by atoms with Crippen LogP contribution in [-0.2, 0) is 14.3 Å². The van der Waals surface area contributed by atoms with Crippen molar-refractivity contribution in [1.82, 2.24) is 10.9 Å². The molecule has 0 saturated heterocycles. The molecular weight excluding hydrogens is 375 g/mol. The van der Waals surface area contributed by atoms with E-state index < -0.39 is 17.8 Å². The number of benzene rings is 1. The molecule has 0 aromatic heterocycles. The van der Waals surface area contributed by atoms with Crippen LogP contribution in [0.5, 0.6) is 0 Å². The van der Waals surface area contributed by atoms with E-state index in [2.05, 4.69) is 10.9 Å². The lowest BCUT2D eigenvalue weighted by Crippen LogP contribution is -2.42. The zero-order valence-electron chi connectivity index (χ0n) is 10.9. The van der Waals surface area contributed by atoms with Crippen LogP contribution in [0.15, 0.2) is 24.3 Å². The SMILES string of the molecule is CCOC(=O)CCC(=O)NNC(=O)c1ccccc1I. The van der Waals surface area contributed by atoms with E-state index in [1.165, 1.54) is 0 Å². The molecule has 0 atom stereocenters. The van der Waals surface area contributed by atoms with Crippen molar-refractivity contribution < 1.29 is 19.1 Å². The number of carbonyl (C=O) groups is 3. The summed E-state index contributed by atoms with van der Waals surface area (Å²) >= 11 is 2.03. The number of rotatable bonds is 5. The predicted octanol–water partition coefficient (Wildman–Crippen LogP) is 1.40. The minimum atomic E-state index is -0.447. The Balaban J connectivity index is 2.36. The number of ether oxygens (including phenoxy) is 1. The van der Waals surface area contributed by atoms with E-state index >= 15 is 0 Å². The standard InChI is InChI=1S/C13H15IN2O4/c1-2-20-12(18)8-7-11(17)15-16-13(19)9-5-3-4-6-10(9)14/h3-6H,2,7-8H2,1H3,(H,15,17)(H,16,19). The third-order valence-corrected chi connectivity index (χ3v) is 3.24. The first-order valence-electron chi connectivity index (χ1n) is 6.04. The number of hydrogen-bond acceptors (Lipinski definition) is 4. The Morgan fingerprint density at radius 2 is 1.85 bits per heavy atom. The summed E-state index contributed by atoms with van der Waals surface area (Å²) in [5.74, 6) is -1.29. The number of hydrazine groups is 1. The zero-order valence-corrected chi connectivity index (χ0v) is 13.1. The van der Waals surface area contributed by atoms with Gasteiger partial charge in [0.2, 0.25) is 5.91 Å². The number of amides is 2. The van der Waals surface area contributed by atoms with Gasteiger partial charge in [-0.25, -0.2) is 0 Å². The molecule has 0 heterocycles. The van der Waals surface area contributed by atoms with Crippen LogP contribution in [0.2, 0.25) is 0 Å². The molecule has 0 saturated carbocycles. The molecule has 0 radical (unpaired) electrons. The predicted molar refractivity (Wildman–Crippen MR) is 80.6 cm³/mol. The largest absolute Gasteiger partial charge is 0.466 e. The molecule has 2 N–H and O–H groups in total. The fourth-order valence-electron chi connectivity index (χ4n) is 1.35. The second kappa shape index (κ2) is 8.51. The summed E-state index contributed by atoms with van der Waals surface area (Å²) < 4.78 is 5.48. The molecule has 0 fully saturated rings. The number of hydrogen-bond donors (Lipinski definition) is 2. The monoisotopic (exact) mass is 390 g/mol. The average molecular weight is 390 g/mol. The highest BCUT2D eigenvalue weighted by atomic mass is 127. The topological polar surface area (TPSA) is 84.5 Å². The summed E-state index contributed by atoms with van der Waals surface area (Å²) in [6.45, 7) is 1.98. The van der Waals surface area contributed by atoms with Gasteiger partial charge in [0, 0.05) is 9.99 Å². The van der Waals surface area contributed by atoms with Crippen molar-refractivity contribution in [3.63, 3.8) is 0 Å². The first kappa shape index (κ1) is 16.4. The molecule has 0 aliphatic heterocycles. The zero-order chi connectivity index (χ0) is 15.0. The normalized spacial score (nSPS) is 9.70. The minimum Gasteiger partial charge on any atom is -0.466 e. The van der Waals surface area contributed by atoms with E-state index in [9.17, 15) is 14.4 Å². The second-order valence-electron chi connectivity index (χ2n) is 3.79. The van der Waals surface area contributed by atoms with Crippen LogP contribution in [0.3, 0.4) is 0 Å². The summed E-state index contributed by atoms with van der Waals surface area (Å²) in [6, 6.07) is 7.00. The quantitative estimate of drug-likeness (QED) is 0.452. The van der Waals surface area contributed by atoms with Crippen LogP contribution in [-0.4, -0.2) is 24.4 Å². The first-order valence-corrected chi connectivity index (χ1v) is 7.11. The van der Waals surface area contributed by atoms with E-state index in [0.717, 1.165) is 3.57 Å². The van der Waals surface area contributed by atoms with E-state index in [1.54, 1.807) is 25.1 Å². The fraction of sp³-hybridized carbons (Fsp3) is 0.308. The lowest BCUT2D eigenvalue weighted by atomic mass is 10.2. The van der Waals surface area contributed by atoms with Gasteiger partial charge in [0.15, 0.2) is 0 Å². The smallest absolute Gasteiger partial charge is 0.306 e. The Hall–Kier alpha value is -1.64. The van der Waals surface area contributed by atoms with Gasteiger partial charge in [-0.05, 0) is 41.6 Å². The van der Waals surface area contributed by atoms with Gasteiger partial charge in [-0.1, -0.05) is 12.1 Å². The van der Waals surface area contributed by atoms with Crippen LogP contribution in [0.25, 0.3) is 0 Å². The Kier molecular flexibility index (Phi) is 6.99. The van der Waals surface area contributed by atoms with Crippen molar-refractivity contribution in [2.24, 2.45) is 0 Å². The van der Waals surface area contributed by atoms with Gasteiger partial charge in [0.1, 0.15) is 0 Å². The van der Waals surface area contributed by atoms with Gasteiger partial charge in [0.05, 0.1) is 18.6 Å². The van der Waals surface area contributed by atoms with Crippen molar-refractivity contribution in [3.8, 4) is 0 Å². The lowest BCUT2D eigenvalue weighted by molar-refractivity contribution is -0.144. The Morgan fingerprint density at radius 1 is 1.15 bits per heavy atom. The van der Waals surface area contributed by atoms with Crippen LogP contribution in [0, 0.1) is 3.57 Å². The maximum atomic E-state index is 11.8. The Bertz CT molecular complexity index is 505. The van der Waals surface area contributed by atoms with E-state index in [-0.39, 0.29) is 19.4 Å². The Labute approximate surface area is 130 Å². The number of nitrogens with one attached hydrogen (secondary N) is 2. The molecule has 1 rings (SSSR count).